The van der Waals surface area contributed by atoms with Crippen LogP contribution in [0.3, 0.4) is 0 Å². The molecule has 1 saturated heterocycles. The van der Waals surface area contributed by atoms with Crippen LogP contribution in [0.25, 0.3) is 0 Å². The Bertz CT molecular complexity index is 554. The molecule has 0 bridgehead atoms. The first-order valence-corrected chi connectivity index (χ1v) is 8.85. The maximum atomic E-state index is 12.5. The highest BCUT2D eigenvalue weighted by Crippen LogP contribution is 2.24. The van der Waals surface area contributed by atoms with E-state index in [1.165, 1.54) is 4.31 Å². The Kier molecular flexibility index (Phi) is 5.43. The molecule has 21 heavy (non-hydrogen) atoms. The van der Waals surface area contributed by atoms with Crippen LogP contribution >= 0.6 is 0 Å². The second-order valence-corrected chi connectivity index (χ2v) is 7.54. The van der Waals surface area contributed by atoms with Gasteiger partial charge in [0.1, 0.15) is 5.76 Å². The van der Waals surface area contributed by atoms with Crippen molar-refractivity contribution >= 4 is 10.0 Å². The molecule has 0 spiro atoms. The maximum Gasteiger partial charge on any atom is 0.276 e. The fourth-order valence-corrected chi connectivity index (χ4v) is 3.88. The van der Waals surface area contributed by atoms with Gasteiger partial charge in [-0.15, -0.1) is 0 Å². The minimum atomic E-state index is -3.50. The van der Waals surface area contributed by atoms with E-state index < -0.39 is 10.0 Å². The largest absolute Gasteiger partial charge is 0.447 e. The Morgan fingerprint density at radius 3 is 2.81 bits per heavy atom. The van der Waals surface area contributed by atoms with Gasteiger partial charge in [-0.3, -0.25) is 0 Å². The van der Waals surface area contributed by atoms with E-state index in [-0.39, 0.29) is 11.1 Å². The summed E-state index contributed by atoms with van der Waals surface area (Å²) in [7, 11) is 0.452. The van der Waals surface area contributed by atoms with Crippen molar-refractivity contribution in [2.75, 3.05) is 33.7 Å². The van der Waals surface area contributed by atoms with E-state index in [1.807, 2.05) is 14.1 Å². The zero-order valence-electron chi connectivity index (χ0n) is 13.0. The fraction of sp³-hybridized carbons (Fsp3) is 0.714. The molecule has 1 atom stereocenters. The number of nitrogens with one attached hydrogen (secondary N) is 1. The van der Waals surface area contributed by atoms with Crippen molar-refractivity contribution in [3.8, 4) is 0 Å². The fourth-order valence-electron chi connectivity index (χ4n) is 2.46. The molecule has 0 amide bonds. The van der Waals surface area contributed by atoms with E-state index in [2.05, 4.69) is 17.1 Å². The Labute approximate surface area is 127 Å². The summed E-state index contributed by atoms with van der Waals surface area (Å²) in [5.74, 6) is 0.658. The molecule has 1 aliphatic rings. The third kappa shape index (κ3) is 3.85. The second kappa shape index (κ2) is 6.91. The average molecular weight is 315 g/mol. The predicted molar refractivity (Wildman–Crippen MR) is 81.6 cm³/mol. The molecule has 0 saturated carbocycles. The van der Waals surface area contributed by atoms with E-state index in [9.17, 15) is 8.42 Å². The van der Waals surface area contributed by atoms with Gasteiger partial charge in [0.15, 0.2) is 0 Å². The van der Waals surface area contributed by atoms with Crippen molar-refractivity contribution in [3.63, 3.8) is 0 Å². The van der Waals surface area contributed by atoms with Gasteiger partial charge in [-0.25, -0.2) is 8.42 Å². The quantitative estimate of drug-likeness (QED) is 0.764. The summed E-state index contributed by atoms with van der Waals surface area (Å²) in [5, 5.41) is 3.25. The Hall–Kier alpha value is -0.890. The zero-order chi connectivity index (χ0) is 15.5. The number of sulfonamides is 1. The average Bonchev–Trinajstić information content (AvgIpc) is 3.08. The van der Waals surface area contributed by atoms with Crippen LogP contribution in [0, 0.1) is 0 Å². The van der Waals surface area contributed by atoms with Crippen LogP contribution in [0.2, 0.25) is 0 Å². The highest BCUT2D eigenvalue weighted by molar-refractivity contribution is 7.89. The molecule has 0 radical (unpaired) electrons. The van der Waals surface area contributed by atoms with Crippen LogP contribution in [-0.2, 0) is 16.6 Å². The summed E-state index contributed by atoms with van der Waals surface area (Å²) in [6, 6.07) is 3.57. The van der Waals surface area contributed by atoms with Crippen LogP contribution in [0.15, 0.2) is 21.6 Å². The highest BCUT2D eigenvalue weighted by atomic mass is 32.2. The molecule has 120 valence electrons. The maximum absolute atomic E-state index is 12.5. The summed E-state index contributed by atoms with van der Waals surface area (Å²) in [4.78, 5) is 2.07. The van der Waals surface area contributed by atoms with Crippen molar-refractivity contribution in [1.82, 2.24) is 14.5 Å². The summed E-state index contributed by atoms with van der Waals surface area (Å²) >= 11 is 0. The van der Waals surface area contributed by atoms with Crippen LogP contribution in [0.5, 0.6) is 0 Å². The molecule has 0 aliphatic carbocycles. The minimum absolute atomic E-state index is 0.0511. The van der Waals surface area contributed by atoms with E-state index in [0.717, 1.165) is 19.4 Å². The SMILES string of the molecule is CCCNCc1ccc(S(=O)(=O)N2CCC(N(C)C)C2)o1. The third-order valence-corrected chi connectivity index (χ3v) is 5.55. The van der Waals surface area contributed by atoms with E-state index >= 15 is 0 Å². The molecule has 1 fully saturated rings. The standard InChI is InChI=1S/C14H25N3O3S/c1-4-8-15-10-13-5-6-14(20-13)21(18,19)17-9-7-12(11-17)16(2)3/h5-6,12,15H,4,7-11H2,1-3H3. The lowest BCUT2D eigenvalue weighted by atomic mass is 10.2. The highest BCUT2D eigenvalue weighted by Gasteiger charge is 2.35. The van der Waals surface area contributed by atoms with Gasteiger partial charge in [-0.1, -0.05) is 6.92 Å². The Balaban J connectivity index is 2.03. The minimum Gasteiger partial charge on any atom is -0.447 e. The van der Waals surface area contributed by atoms with Gasteiger partial charge >= 0.3 is 0 Å². The molecule has 0 aromatic carbocycles. The first-order valence-electron chi connectivity index (χ1n) is 7.41. The van der Waals surface area contributed by atoms with Crippen LogP contribution in [-0.4, -0.2) is 57.4 Å². The van der Waals surface area contributed by atoms with Gasteiger partial charge in [-0.2, -0.15) is 4.31 Å². The first kappa shape index (κ1) is 16.5. The lowest BCUT2D eigenvalue weighted by molar-refractivity contribution is 0.300. The molecular formula is C14H25N3O3S. The van der Waals surface area contributed by atoms with Gasteiger partial charge in [0.25, 0.3) is 10.0 Å². The molecule has 1 aromatic rings. The predicted octanol–water partition coefficient (Wildman–Crippen LogP) is 1.10. The monoisotopic (exact) mass is 315 g/mol. The van der Waals surface area contributed by atoms with Crippen molar-refractivity contribution < 1.29 is 12.8 Å². The van der Waals surface area contributed by atoms with Gasteiger partial charge < -0.3 is 14.6 Å². The summed E-state index contributed by atoms with van der Waals surface area (Å²) in [6.07, 6.45) is 1.89. The lowest BCUT2D eigenvalue weighted by Gasteiger charge is -2.19. The van der Waals surface area contributed by atoms with E-state index in [4.69, 9.17) is 4.42 Å². The van der Waals surface area contributed by atoms with Crippen LogP contribution < -0.4 is 5.32 Å². The molecule has 1 aliphatic heterocycles. The lowest BCUT2D eigenvalue weighted by Crippen LogP contribution is -2.34. The van der Waals surface area contributed by atoms with Gasteiger partial charge in [0, 0.05) is 19.1 Å². The van der Waals surface area contributed by atoms with Gasteiger partial charge in [-0.05, 0) is 45.6 Å². The number of hydrogen-bond donors (Lipinski definition) is 1. The molecule has 1 aromatic heterocycles. The summed E-state index contributed by atoms with van der Waals surface area (Å²) in [6.45, 7) is 4.61. The van der Waals surface area contributed by atoms with E-state index in [0.29, 0.717) is 25.4 Å². The van der Waals surface area contributed by atoms with Crippen molar-refractivity contribution in [3.05, 3.63) is 17.9 Å². The van der Waals surface area contributed by atoms with Crippen molar-refractivity contribution in [1.29, 1.82) is 0 Å². The molecule has 1 unspecified atom stereocenters. The van der Waals surface area contributed by atoms with Crippen LogP contribution in [0.1, 0.15) is 25.5 Å². The number of likely N-dealkylation sites (N-methyl/N-ethyl adjacent to an activating group) is 1. The molecule has 1 N–H and O–H groups in total. The Morgan fingerprint density at radius 2 is 2.19 bits per heavy atom. The van der Waals surface area contributed by atoms with Crippen LogP contribution in [0.4, 0.5) is 0 Å². The van der Waals surface area contributed by atoms with Crippen molar-refractivity contribution in [2.24, 2.45) is 0 Å². The third-order valence-electron chi connectivity index (χ3n) is 3.81. The summed E-state index contributed by atoms with van der Waals surface area (Å²) in [5.41, 5.74) is 0. The molecular weight excluding hydrogens is 290 g/mol. The second-order valence-electron chi connectivity index (χ2n) is 5.67. The number of hydrogen-bond acceptors (Lipinski definition) is 5. The smallest absolute Gasteiger partial charge is 0.276 e. The molecule has 7 heteroatoms. The number of nitrogens with zero attached hydrogens (tertiary/aromatic N) is 2. The molecule has 2 rings (SSSR count). The Morgan fingerprint density at radius 1 is 1.43 bits per heavy atom. The van der Waals surface area contributed by atoms with Gasteiger partial charge in [0.2, 0.25) is 5.09 Å². The number of rotatable bonds is 7. The summed E-state index contributed by atoms with van der Waals surface area (Å²) < 4.78 is 32.1. The topological polar surface area (TPSA) is 65.8 Å². The first-order chi connectivity index (χ1) is 9.95. The van der Waals surface area contributed by atoms with Crippen molar-refractivity contribution in [2.45, 2.75) is 37.4 Å². The molecule has 6 nitrogen and oxygen atoms in total. The number of furan rings is 1. The van der Waals surface area contributed by atoms with E-state index in [1.54, 1.807) is 12.1 Å². The zero-order valence-corrected chi connectivity index (χ0v) is 13.8. The normalized spacial score (nSPS) is 20.5. The molecule has 2 heterocycles. The van der Waals surface area contributed by atoms with Gasteiger partial charge in [0.05, 0.1) is 6.54 Å².